The van der Waals surface area contributed by atoms with Gasteiger partial charge in [0.05, 0.1) is 20.8 Å². The van der Waals surface area contributed by atoms with E-state index in [-0.39, 0.29) is 17.7 Å². The number of methoxy groups -OCH3 is 2. The third-order valence-electron chi connectivity index (χ3n) is 4.65. The molecule has 0 saturated heterocycles. The molecule has 7 heteroatoms. The number of nitrogens with one attached hydrogen (secondary N) is 1. The predicted octanol–water partition coefficient (Wildman–Crippen LogP) is 3.00. The summed E-state index contributed by atoms with van der Waals surface area (Å²) in [5.74, 6) is 1.12. The van der Waals surface area contributed by atoms with E-state index in [1.54, 1.807) is 30.1 Å². The molecule has 1 unspecified atom stereocenters. The fourth-order valence-electron chi connectivity index (χ4n) is 2.84. The lowest BCUT2D eigenvalue weighted by Crippen LogP contribution is -2.50. The van der Waals surface area contributed by atoms with Gasteiger partial charge >= 0.3 is 0 Å². The van der Waals surface area contributed by atoms with E-state index in [0.29, 0.717) is 30.2 Å². The number of benzene rings is 2. The van der Waals surface area contributed by atoms with Crippen LogP contribution < -0.4 is 19.5 Å². The van der Waals surface area contributed by atoms with Crippen molar-refractivity contribution in [2.24, 2.45) is 5.92 Å². The summed E-state index contributed by atoms with van der Waals surface area (Å²) in [5, 5.41) is 2.84. The molecule has 0 fully saturated rings. The van der Waals surface area contributed by atoms with Crippen molar-refractivity contribution in [3.05, 3.63) is 54.1 Å². The van der Waals surface area contributed by atoms with Gasteiger partial charge in [-0.15, -0.1) is 0 Å². The number of amides is 2. The normalized spacial score (nSPS) is 11.5. The average Bonchev–Trinajstić information content (AvgIpc) is 2.76. The van der Waals surface area contributed by atoms with E-state index in [2.05, 4.69) is 5.32 Å². The summed E-state index contributed by atoms with van der Waals surface area (Å²) in [4.78, 5) is 27.3. The zero-order valence-corrected chi connectivity index (χ0v) is 18.2. The van der Waals surface area contributed by atoms with Gasteiger partial charge in [0.25, 0.3) is 5.91 Å². The van der Waals surface area contributed by atoms with Crippen LogP contribution >= 0.6 is 0 Å². The highest BCUT2D eigenvalue weighted by Crippen LogP contribution is 2.22. The van der Waals surface area contributed by atoms with Gasteiger partial charge in [0, 0.05) is 18.7 Å². The van der Waals surface area contributed by atoms with Crippen LogP contribution in [0.4, 0.5) is 0 Å². The van der Waals surface area contributed by atoms with Gasteiger partial charge in [0.2, 0.25) is 5.91 Å². The number of hydrogen-bond donors (Lipinski definition) is 1. The van der Waals surface area contributed by atoms with Crippen LogP contribution in [0.2, 0.25) is 0 Å². The van der Waals surface area contributed by atoms with Gasteiger partial charge in [-0.2, -0.15) is 0 Å². The maximum absolute atomic E-state index is 12.9. The third kappa shape index (κ3) is 6.40. The first-order chi connectivity index (χ1) is 14.3. The molecule has 2 aromatic carbocycles. The maximum atomic E-state index is 12.9. The molecule has 0 radical (unpaired) electrons. The fraction of sp³-hybridized carbons (Fsp3) is 0.391. The summed E-state index contributed by atoms with van der Waals surface area (Å²) in [6.45, 7) is 4.55. The van der Waals surface area contributed by atoms with E-state index in [4.69, 9.17) is 14.2 Å². The van der Waals surface area contributed by atoms with Gasteiger partial charge < -0.3 is 24.4 Å². The average molecular weight is 415 g/mol. The molecule has 0 spiro atoms. The number of rotatable bonds is 10. The van der Waals surface area contributed by atoms with Crippen molar-refractivity contribution < 1.29 is 23.8 Å². The van der Waals surface area contributed by atoms with Crippen molar-refractivity contribution in [2.45, 2.75) is 19.9 Å². The van der Waals surface area contributed by atoms with Crippen LogP contribution in [-0.2, 0) is 4.79 Å². The number of hydrogen-bond acceptors (Lipinski definition) is 5. The molecule has 0 aliphatic rings. The number of para-hydroxylation sites is 1. The molecule has 0 aliphatic heterocycles. The van der Waals surface area contributed by atoms with Gasteiger partial charge in [-0.1, -0.05) is 32.0 Å². The zero-order valence-electron chi connectivity index (χ0n) is 18.2. The van der Waals surface area contributed by atoms with Crippen LogP contribution in [0.25, 0.3) is 0 Å². The summed E-state index contributed by atoms with van der Waals surface area (Å²) in [6.07, 6.45) is 0. The largest absolute Gasteiger partial charge is 0.497 e. The lowest BCUT2D eigenvalue weighted by Gasteiger charge is -2.27. The minimum atomic E-state index is -0.670. The third-order valence-corrected chi connectivity index (χ3v) is 4.65. The minimum Gasteiger partial charge on any atom is -0.497 e. The molecule has 2 rings (SSSR count). The highest BCUT2D eigenvalue weighted by Gasteiger charge is 2.27. The van der Waals surface area contributed by atoms with Crippen LogP contribution in [0, 0.1) is 5.92 Å². The Morgan fingerprint density at radius 1 is 0.967 bits per heavy atom. The van der Waals surface area contributed by atoms with E-state index in [1.165, 1.54) is 14.2 Å². The Balaban J connectivity index is 2.01. The predicted molar refractivity (Wildman–Crippen MR) is 115 cm³/mol. The molecule has 0 aliphatic carbocycles. The molecule has 0 aromatic heterocycles. The Morgan fingerprint density at radius 3 is 2.10 bits per heavy atom. The van der Waals surface area contributed by atoms with Crippen molar-refractivity contribution >= 4 is 11.8 Å². The molecule has 1 atom stereocenters. The second kappa shape index (κ2) is 11.1. The lowest BCUT2D eigenvalue weighted by atomic mass is 10.0. The highest BCUT2D eigenvalue weighted by atomic mass is 16.5. The van der Waals surface area contributed by atoms with Gasteiger partial charge in [0.1, 0.15) is 29.9 Å². The highest BCUT2D eigenvalue weighted by molar-refractivity contribution is 5.98. The first-order valence-electron chi connectivity index (χ1n) is 9.82. The summed E-state index contributed by atoms with van der Waals surface area (Å²) in [6, 6.07) is 13.6. The topological polar surface area (TPSA) is 77.1 Å². The van der Waals surface area contributed by atoms with E-state index in [0.717, 1.165) is 5.75 Å². The Morgan fingerprint density at radius 2 is 1.57 bits per heavy atom. The van der Waals surface area contributed by atoms with Crippen molar-refractivity contribution in [3.63, 3.8) is 0 Å². The standard InChI is InChI=1S/C23H30N2O5/c1-16(2)21(23(27)25(3)11-12-30-18-9-7-6-8-10-18)24-22(26)17-13-19(28-4)15-20(14-17)29-5/h6-10,13-16,21H,11-12H2,1-5H3,(H,24,26). The number of ether oxygens (including phenoxy) is 3. The van der Waals surface area contributed by atoms with Gasteiger partial charge in [-0.3, -0.25) is 9.59 Å². The maximum Gasteiger partial charge on any atom is 0.252 e. The molecule has 162 valence electrons. The van der Waals surface area contributed by atoms with Gasteiger partial charge in [0.15, 0.2) is 0 Å². The van der Waals surface area contributed by atoms with Crippen molar-refractivity contribution in [3.8, 4) is 17.2 Å². The van der Waals surface area contributed by atoms with Crippen LogP contribution in [-0.4, -0.2) is 57.2 Å². The minimum absolute atomic E-state index is 0.0913. The van der Waals surface area contributed by atoms with Crippen molar-refractivity contribution in [2.75, 3.05) is 34.4 Å². The molecule has 2 amide bonds. The van der Waals surface area contributed by atoms with Gasteiger partial charge in [-0.25, -0.2) is 0 Å². The number of likely N-dealkylation sites (N-methyl/N-ethyl adjacent to an activating group) is 1. The quantitative estimate of drug-likeness (QED) is 0.647. The van der Waals surface area contributed by atoms with E-state index in [1.807, 2.05) is 44.2 Å². The molecule has 0 bridgehead atoms. The second-order valence-electron chi connectivity index (χ2n) is 7.22. The first-order valence-corrected chi connectivity index (χ1v) is 9.82. The second-order valence-corrected chi connectivity index (χ2v) is 7.22. The summed E-state index contributed by atoms with van der Waals surface area (Å²) < 4.78 is 16.1. The van der Waals surface area contributed by atoms with E-state index in [9.17, 15) is 9.59 Å². The summed E-state index contributed by atoms with van der Waals surface area (Å²) in [5.41, 5.74) is 0.361. The zero-order chi connectivity index (χ0) is 22.1. The van der Waals surface area contributed by atoms with Crippen LogP contribution in [0.3, 0.4) is 0 Å². The Bertz CT molecular complexity index is 816. The monoisotopic (exact) mass is 414 g/mol. The lowest BCUT2D eigenvalue weighted by molar-refractivity contribution is -0.133. The van der Waals surface area contributed by atoms with Crippen LogP contribution in [0.15, 0.2) is 48.5 Å². The molecule has 30 heavy (non-hydrogen) atoms. The molecule has 2 aromatic rings. The number of carbonyl (C=O) groups is 2. The summed E-state index contributed by atoms with van der Waals surface area (Å²) in [7, 11) is 4.74. The Labute approximate surface area is 177 Å². The molecule has 7 nitrogen and oxygen atoms in total. The molecule has 0 saturated carbocycles. The molecular formula is C23H30N2O5. The molecule has 1 N–H and O–H groups in total. The van der Waals surface area contributed by atoms with Crippen molar-refractivity contribution in [1.82, 2.24) is 10.2 Å². The summed E-state index contributed by atoms with van der Waals surface area (Å²) >= 11 is 0. The Kier molecular flexibility index (Phi) is 8.53. The van der Waals surface area contributed by atoms with E-state index < -0.39 is 6.04 Å². The van der Waals surface area contributed by atoms with E-state index >= 15 is 0 Å². The van der Waals surface area contributed by atoms with Crippen LogP contribution in [0.1, 0.15) is 24.2 Å². The number of carbonyl (C=O) groups excluding carboxylic acids is 2. The molecular weight excluding hydrogens is 384 g/mol. The van der Waals surface area contributed by atoms with Gasteiger partial charge in [-0.05, 0) is 30.2 Å². The Hall–Kier alpha value is -3.22. The molecule has 0 heterocycles. The fourth-order valence-corrected chi connectivity index (χ4v) is 2.84. The first kappa shape index (κ1) is 23.1. The number of nitrogens with zero attached hydrogens (tertiary/aromatic N) is 1. The van der Waals surface area contributed by atoms with Crippen molar-refractivity contribution in [1.29, 1.82) is 0 Å². The SMILES string of the molecule is COc1cc(OC)cc(C(=O)NC(C(=O)N(C)CCOc2ccccc2)C(C)C)c1. The smallest absolute Gasteiger partial charge is 0.252 e. The van der Waals surface area contributed by atoms with Crippen LogP contribution in [0.5, 0.6) is 17.2 Å².